The number of hydrogen-bond acceptors (Lipinski definition) is 5. The van der Waals surface area contributed by atoms with Gasteiger partial charge >= 0.3 is 17.1 Å². The molecule has 169 valence electrons. The van der Waals surface area contributed by atoms with E-state index < -0.39 is 0 Å². The SMILES string of the molecule is C[C@H]1NC2CCCCC2NCCNC2CCCCC2N[C@H](C)c2cccc1n2.[Cl-].[Mn+2]. The summed E-state index contributed by atoms with van der Waals surface area (Å²) in [6.07, 6.45) is 10.4. The Kier molecular flexibility index (Phi) is 11.1. The Morgan fingerprint density at radius 2 is 1.10 bits per heavy atom. The molecule has 0 amide bonds. The molecule has 2 aliphatic carbocycles. The fraction of sp³-hybridized carbons (Fsp3) is 0.783. The minimum Gasteiger partial charge on any atom is -1.00 e. The molecule has 5 nitrogen and oxygen atoms in total. The third-order valence-electron chi connectivity index (χ3n) is 7.08. The van der Waals surface area contributed by atoms with Gasteiger partial charge in [-0.2, -0.15) is 0 Å². The van der Waals surface area contributed by atoms with Crippen molar-refractivity contribution in [3.8, 4) is 0 Å². The molecule has 1 aromatic heterocycles. The van der Waals surface area contributed by atoms with Gasteiger partial charge < -0.3 is 33.7 Å². The molecule has 2 fully saturated rings. The Balaban J connectivity index is 0.00000160. The van der Waals surface area contributed by atoms with Gasteiger partial charge in [0.15, 0.2) is 0 Å². The van der Waals surface area contributed by atoms with Crippen molar-refractivity contribution in [2.75, 3.05) is 13.1 Å². The Morgan fingerprint density at radius 3 is 1.53 bits per heavy atom. The van der Waals surface area contributed by atoms with Crippen molar-refractivity contribution >= 4 is 0 Å². The van der Waals surface area contributed by atoms with Crippen LogP contribution in [0.15, 0.2) is 18.2 Å². The molecule has 0 aromatic carbocycles. The molecule has 2 saturated carbocycles. The summed E-state index contributed by atoms with van der Waals surface area (Å²) in [5.74, 6) is 0. The van der Waals surface area contributed by atoms with Crippen LogP contribution in [0, 0.1) is 0 Å². The number of halogens is 1. The van der Waals surface area contributed by atoms with Crippen molar-refractivity contribution in [2.45, 2.75) is 101 Å². The van der Waals surface area contributed by atoms with E-state index in [-0.39, 0.29) is 41.6 Å². The fourth-order valence-electron chi connectivity index (χ4n) is 5.43. The molecule has 1 radical (unpaired) electrons. The van der Waals surface area contributed by atoms with Crippen molar-refractivity contribution in [2.24, 2.45) is 0 Å². The van der Waals surface area contributed by atoms with E-state index in [1.54, 1.807) is 0 Å². The Hall–Kier alpha value is -0.201. The molecule has 6 atom stereocenters. The van der Waals surface area contributed by atoms with Gasteiger partial charge in [0.25, 0.3) is 0 Å². The fourth-order valence-corrected chi connectivity index (χ4v) is 5.43. The van der Waals surface area contributed by atoms with Crippen LogP contribution in [0.4, 0.5) is 0 Å². The van der Waals surface area contributed by atoms with Crippen LogP contribution in [0.5, 0.6) is 0 Å². The van der Waals surface area contributed by atoms with Crippen LogP contribution in [-0.4, -0.2) is 42.2 Å². The number of rotatable bonds is 0. The third-order valence-corrected chi connectivity index (χ3v) is 7.08. The van der Waals surface area contributed by atoms with E-state index in [2.05, 4.69) is 53.3 Å². The van der Waals surface area contributed by atoms with Gasteiger partial charge in [-0.1, -0.05) is 31.7 Å². The first kappa shape index (κ1) is 26.1. The molecule has 0 spiro atoms. The number of nitrogens with zero attached hydrogens (tertiary/aromatic N) is 1. The van der Waals surface area contributed by atoms with Crippen molar-refractivity contribution in [3.63, 3.8) is 0 Å². The van der Waals surface area contributed by atoms with Crippen molar-refractivity contribution in [1.82, 2.24) is 26.3 Å². The minimum absolute atomic E-state index is 0. The summed E-state index contributed by atoms with van der Waals surface area (Å²) >= 11 is 0. The van der Waals surface area contributed by atoms with Crippen molar-refractivity contribution < 1.29 is 29.5 Å². The van der Waals surface area contributed by atoms with Gasteiger partial charge in [-0.15, -0.1) is 0 Å². The Bertz CT molecular complexity index is 584. The van der Waals surface area contributed by atoms with E-state index in [4.69, 9.17) is 4.98 Å². The number of fused-ring (bicyclic) bond motifs is 4. The van der Waals surface area contributed by atoms with Gasteiger partial charge in [-0.05, 0) is 51.7 Å². The molecule has 4 N–H and O–H groups in total. The molecule has 7 heteroatoms. The second-order valence-electron chi connectivity index (χ2n) is 9.17. The molecule has 2 bridgehead atoms. The van der Waals surface area contributed by atoms with E-state index in [0.717, 1.165) is 13.1 Å². The quantitative estimate of drug-likeness (QED) is 0.404. The summed E-state index contributed by atoms with van der Waals surface area (Å²) in [5, 5.41) is 15.5. The first-order valence-corrected chi connectivity index (χ1v) is 11.7. The van der Waals surface area contributed by atoms with Crippen LogP contribution >= 0.6 is 0 Å². The first-order valence-electron chi connectivity index (χ1n) is 11.7. The van der Waals surface area contributed by atoms with Crippen LogP contribution in [0.3, 0.4) is 0 Å². The Labute approximate surface area is 199 Å². The summed E-state index contributed by atoms with van der Waals surface area (Å²) in [7, 11) is 0. The largest absolute Gasteiger partial charge is 2.00 e. The maximum atomic E-state index is 5.06. The molecular formula is C23H39ClMnN5+. The van der Waals surface area contributed by atoms with Crippen LogP contribution in [0.2, 0.25) is 0 Å². The number of aromatic nitrogens is 1. The number of pyridine rings is 1. The average molecular weight is 476 g/mol. The third kappa shape index (κ3) is 6.65. The van der Waals surface area contributed by atoms with Crippen LogP contribution < -0.4 is 33.7 Å². The average Bonchev–Trinajstić information content (AvgIpc) is 2.73. The van der Waals surface area contributed by atoms with E-state index >= 15 is 0 Å². The van der Waals surface area contributed by atoms with Crippen LogP contribution in [-0.2, 0) is 17.1 Å². The number of nitrogens with one attached hydrogen (secondary N) is 4. The van der Waals surface area contributed by atoms with Gasteiger partial charge in [0.1, 0.15) is 0 Å². The predicted molar refractivity (Wildman–Crippen MR) is 115 cm³/mol. The van der Waals surface area contributed by atoms with Crippen molar-refractivity contribution in [1.29, 1.82) is 0 Å². The smallest absolute Gasteiger partial charge is 1.00 e. The van der Waals surface area contributed by atoms with Crippen LogP contribution in [0.1, 0.15) is 88.7 Å². The summed E-state index contributed by atoms with van der Waals surface area (Å²) in [6.45, 7) is 6.66. The van der Waals surface area contributed by atoms with E-state index in [0.29, 0.717) is 24.2 Å². The summed E-state index contributed by atoms with van der Waals surface area (Å²) in [4.78, 5) is 5.06. The molecule has 30 heavy (non-hydrogen) atoms. The zero-order valence-electron chi connectivity index (χ0n) is 18.5. The monoisotopic (exact) mass is 475 g/mol. The van der Waals surface area contributed by atoms with E-state index in [1.807, 2.05) is 0 Å². The van der Waals surface area contributed by atoms with Crippen LogP contribution in [0.25, 0.3) is 0 Å². The normalized spacial score (nSPS) is 35.3. The summed E-state index contributed by atoms with van der Waals surface area (Å²) < 4.78 is 0. The second kappa shape index (κ2) is 12.7. The molecule has 4 rings (SSSR count). The minimum atomic E-state index is 0. The molecule has 0 saturated heterocycles. The molecule has 1 aliphatic heterocycles. The maximum absolute atomic E-state index is 5.06. The number of hydrogen-bond donors (Lipinski definition) is 4. The molecular weight excluding hydrogens is 437 g/mol. The molecule has 3 aliphatic rings. The predicted octanol–water partition coefficient (Wildman–Crippen LogP) is 0.200. The van der Waals surface area contributed by atoms with Crippen molar-refractivity contribution in [3.05, 3.63) is 29.6 Å². The zero-order valence-corrected chi connectivity index (χ0v) is 20.4. The second-order valence-corrected chi connectivity index (χ2v) is 9.17. The molecule has 1 aromatic rings. The standard InChI is InChI=1S/C23H39N5.ClH.Mn/c1-16-18-12-7-13-19(28-18)17(2)27-23-11-6-4-9-21(23)25-15-14-24-20-8-3-5-10-22(20)26-16;;/h7,12-13,16-17,20-27H,3-6,8-11,14-15H2,1-2H3;1H;/q;;+2/p-1/t16-,17-,20?,21?,22?,23?;;/m1../s1. The molecule has 2 heterocycles. The van der Waals surface area contributed by atoms with Gasteiger partial charge in [0.2, 0.25) is 0 Å². The van der Waals surface area contributed by atoms with Gasteiger partial charge in [-0.3, -0.25) is 4.98 Å². The Morgan fingerprint density at radius 1 is 0.700 bits per heavy atom. The van der Waals surface area contributed by atoms with Gasteiger partial charge in [0.05, 0.1) is 11.4 Å². The zero-order chi connectivity index (χ0) is 19.3. The van der Waals surface area contributed by atoms with Gasteiger partial charge in [0, 0.05) is 49.3 Å². The van der Waals surface area contributed by atoms with E-state index in [9.17, 15) is 0 Å². The first-order chi connectivity index (χ1) is 13.7. The van der Waals surface area contributed by atoms with Gasteiger partial charge in [-0.25, -0.2) is 0 Å². The topological polar surface area (TPSA) is 61.0 Å². The molecule has 4 unspecified atom stereocenters. The summed E-state index contributed by atoms with van der Waals surface area (Å²) in [6, 6.07) is 9.34. The van der Waals surface area contributed by atoms with E-state index in [1.165, 1.54) is 62.8 Å². The summed E-state index contributed by atoms with van der Waals surface area (Å²) in [5.41, 5.74) is 2.34. The maximum Gasteiger partial charge on any atom is 2.00 e.